The summed E-state index contributed by atoms with van der Waals surface area (Å²) < 4.78 is 30.5. The molecule has 0 radical (unpaired) electrons. The van der Waals surface area contributed by atoms with Gasteiger partial charge in [-0.3, -0.25) is 13.9 Å². The molecule has 3 heterocycles. The van der Waals surface area contributed by atoms with Gasteiger partial charge in [0.1, 0.15) is 6.54 Å². The summed E-state index contributed by atoms with van der Waals surface area (Å²) in [6, 6.07) is 10.1. The molecule has 0 aliphatic carbocycles. The molecule has 1 aromatic carbocycles. The van der Waals surface area contributed by atoms with Gasteiger partial charge >= 0.3 is 11.7 Å². The Balaban J connectivity index is 1.57. The molecule has 1 fully saturated rings. The van der Waals surface area contributed by atoms with Crippen LogP contribution in [0.2, 0.25) is 0 Å². The van der Waals surface area contributed by atoms with Gasteiger partial charge in [-0.05, 0) is 48.1 Å². The maximum atomic E-state index is 13.2. The van der Waals surface area contributed by atoms with E-state index in [2.05, 4.69) is 25.8 Å². The van der Waals surface area contributed by atoms with Crippen molar-refractivity contribution in [1.29, 1.82) is 0 Å². The minimum atomic E-state index is -3.65. The number of imidazole rings is 1. The molecular weight excluding hydrogens is 444 g/mol. The highest BCUT2D eigenvalue weighted by Crippen LogP contribution is 2.29. The molecule has 2 aromatic heterocycles. The van der Waals surface area contributed by atoms with Crippen LogP contribution in [-0.2, 0) is 26.8 Å². The summed E-state index contributed by atoms with van der Waals surface area (Å²) in [5.41, 5.74) is 1.43. The second kappa shape index (κ2) is 8.42. The van der Waals surface area contributed by atoms with Gasteiger partial charge in [-0.15, -0.1) is 0 Å². The first-order valence-electron chi connectivity index (χ1n) is 10.9. The number of nitrogens with zero attached hydrogens (tertiary/aromatic N) is 4. The molecule has 1 saturated heterocycles. The third kappa shape index (κ3) is 4.32. The molecule has 3 aromatic rings. The monoisotopic (exact) mass is 472 g/mol. The summed E-state index contributed by atoms with van der Waals surface area (Å²) in [7, 11) is -3.65. The molecule has 9 nitrogen and oxygen atoms in total. The molecule has 33 heavy (non-hydrogen) atoms. The van der Waals surface area contributed by atoms with Crippen molar-refractivity contribution in [1.82, 2.24) is 18.4 Å². The third-order valence-corrected chi connectivity index (χ3v) is 8.08. The Bertz CT molecular complexity index is 1340. The smallest absolute Gasteiger partial charge is 0.331 e. The van der Waals surface area contributed by atoms with Crippen molar-refractivity contribution in [3.8, 4) is 0 Å². The van der Waals surface area contributed by atoms with Gasteiger partial charge in [-0.2, -0.15) is 4.31 Å². The number of pyridine rings is 1. The van der Waals surface area contributed by atoms with Crippen LogP contribution in [-0.4, -0.2) is 51.0 Å². The first-order chi connectivity index (χ1) is 15.5. The van der Waals surface area contributed by atoms with Gasteiger partial charge in [0.15, 0.2) is 5.65 Å². The van der Waals surface area contributed by atoms with Gasteiger partial charge in [0, 0.05) is 25.3 Å². The van der Waals surface area contributed by atoms with E-state index in [1.807, 2.05) is 12.1 Å². The van der Waals surface area contributed by atoms with Crippen molar-refractivity contribution in [3.63, 3.8) is 0 Å². The number of aromatic nitrogens is 3. The Labute approximate surface area is 192 Å². The van der Waals surface area contributed by atoms with Crippen LogP contribution in [0.1, 0.15) is 45.2 Å². The lowest BCUT2D eigenvalue weighted by atomic mass is 9.87. The van der Waals surface area contributed by atoms with Crippen LogP contribution in [0.3, 0.4) is 0 Å². The molecule has 10 heteroatoms. The molecule has 176 valence electrons. The average Bonchev–Trinajstić information content (AvgIpc) is 3.04. The zero-order valence-electron chi connectivity index (χ0n) is 18.9. The lowest BCUT2D eigenvalue weighted by Gasteiger charge is -2.31. The fourth-order valence-electron chi connectivity index (χ4n) is 4.34. The first-order valence-corrected chi connectivity index (χ1v) is 12.3. The van der Waals surface area contributed by atoms with Crippen LogP contribution in [0, 0.1) is 0 Å². The minimum absolute atomic E-state index is 0.0677. The maximum absolute atomic E-state index is 13.2. The Kier molecular flexibility index (Phi) is 5.92. The summed E-state index contributed by atoms with van der Waals surface area (Å²) in [6.07, 6.45) is 2.42. The van der Waals surface area contributed by atoms with Gasteiger partial charge in [0.2, 0.25) is 10.0 Å². The summed E-state index contributed by atoms with van der Waals surface area (Å²) >= 11 is 0. The molecule has 0 spiro atoms. The molecule has 0 amide bonds. The van der Waals surface area contributed by atoms with Crippen LogP contribution in [0.15, 0.2) is 52.3 Å². The van der Waals surface area contributed by atoms with E-state index in [9.17, 15) is 23.1 Å². The minimum Gasteiger partial charge on any atom is -0.480 e. The zero-order chi connectivity index (χ0) is 24.0. The van der Waals surface area contributed by atoms with E-state index >= 15 is 0 Å². The number of aliphatic carboxylic acids is 1. The summed E-state index contributed by atoms with van der Waals surface area (Å²) in [5.74, 6) is -1.11. The Morgan fingerprint density at radius 3 is 2.33 bits per heavy atom. The van der Waals surface area contributed by atoms with Gasteiger partial charge in [-0.1, -0.05) is 32.9 Å². The number of carboxylic acids is 1. The summed E-state index contributed by atoms with van der Waals surface area (Å²) in [5, 5.41) is 9.20. The van der Waals surface area contributed by atoms with Crippen molar-refractivity contribution in [2.45, 2.75) is 56.5 Å². The molecule has 1 aliphatic heterocycles. The highest BCUT2D eigenvalue weighted by Gasteiger charge is 2.32. The van der Waals surface area contributed by atoms with Crippen LogP contribution in [0.4, 0.5) is 0 Å². The number of fused-ring (bicyclic) bond motifs is 1. The lowest BCUT2D eigenvalue weighted by molar-refractivity contribution is -0.137. The molecule has 1 N–H and O–H groups in total. The fourth-order valence-corrected chi connectivity index (χ4v) is 5.81. The molecule has 0 unspecified atom stereocenters. The van der Waals surface area contributed by atoms with Crippen LogP contribution in [0.5, 0.6) is 0 Å². The third-order valence-electron chi connectivity index (χ3n) is 6.16. The molecule has 0 bridgehead atoms. The fraction of sp³-hybridized carbons (Fsp3) is 0.435. The summed E-state index contributed by atoms with van der Waals surface area (Å²) in [6.45, 7) is 6.30. The topological polar surface area (TPSA) is 114 Å². The second-order valence-electron chi connectivity index (χ2n) is 9.39. The standard InChI is InChI=1S/C23H28N4O5S/c1-23(2,3)16-6-8-18(9-7-16)33(31,32)25-13-10-17(11-14-25)27-21-19(5-4-12-24-21)26(22(27)30)15-20(28)29/h4-9,12,17H,10-11,13-15H2,1-3H3,(H,28,29). The van der Waals surface area contributed by atoms with E-state index in [1.165, 1.54) is 13.4 Å². The highest BCUT2D eigenvalue weighted by atomic mass is 32.2. The number of carboxylic acid groups (broad SMARTS) is 1. The molecule has 1 aliphatic rings. The molecule has 4 rings (SSSR count). The molecule has 0 saturated carbocycles. The number of hydrogen-bond acceptors (Lipinski definition) is 5. The molecule has 0 atom stereocenters. The van der Waals surface area contributed by atoms with Crippen molar-refractivity contribution in [3.05, 3.63) is 58.6 Å². The predicted octanol–water partition coefficient (Wildman–Crippen LogP) is 2.61. The Morgan fingerprint density at radius 1 is 1.12 bits per heavy atom. The normalized spacial score (nSPS) is 16.3. The van der Waals surface area contributed by atoms with Crippen LogP contribution < -0.4 is 5.69 Å². The Hall–Kier alpha value is -2.98. The van der Waals surface area contributed by atoms with E-state index in [0.717, 1.165) is 5.56 Å². The number of sulfonamides is 1. The van der Waals surface area contributed by atoms with E-state index in [1.54, 1.807) is 30.5 Å². The van der Waals surface area contributed by atoms with Crippen molar-refractivity contribution in [2.24, 2.45) is 0 Å². The molecular formula is C23H28N4O5S. The SMILES string of the molecule is CC(C)(C)c1ccc(S(=O)(=O)N2CCC(n3c(=O)n(CC(=O)O)c4cccnc43)CC2)cc1. The number of hydrogen-bond donors (Lipinski definition) is 1. The summed E-state index contributed by atoms with van der Waals surface area (Å²) in [4.78, 5) is 28.8. The van der Waals surface area contributed by atoms with E-state index in [4.69, 9.17) is 0 Å². The van der Waals surface area contributed by atoms with Gasteiger partial charge in [-0.25, -0.2) is 18.2 Å². The highest BCUT2D eigenvalue weighted by molar-refractivity contribution is 7.89. The number of rotatable bonds is 5. The first kappa shape index (κ1) is 23.2. The van der Waals surface area contributed by atoms with Crippen molar-refractivity contribution in [2.75, 3.05) is 13.1 Å². The zero-order valence-corrected chi connectivity index (χ0v) is 19.7. The van der Waals surface area contributed by atoms with Gasteiger partial charge < -0.3 is 5.11 Å². The largest absolute Gasteiger partial charge is 0.480 e. The van der Waals surface area contributed by atoms with E-state index in [0.29, 0.717) is 24.0 Å². The Morgan fingerprint density at radius 2 is 1.76 bits per heavy atom. The number of carbonyl (C=O) groups is 1. The van der Waals surface area contributed by atoms with Crippen LogP contribution >= 0.6 is 0 Å². The quantitative estimate of drug-likeness (QED) is 0.611. The van der Waals surface area contributed by atoms with E-state index in [-0.39, 0.29) is 29.4 Å². The maximum Gasteiger partial charge on any atom is 0.331 e. The van der Waals surface area contributed by atoms with Gasteiger partial charge in [0.05, 0.1) is 10.4 Å². The van der Waals surface area contributed by atoms with Crippen LogP contribution in [0.25, 0.3) is 11.2 Å². The second-order valence-corrected chi connectivity index (χ2v) is 11.3. The average molecular weight is 473 g/mol. The number of benzene rings is 1. The predicted molar refractivity (Wildman–Crippen MR) is 124 cm³/mol. The van der Waals surface area contributed by atoms with Crippen molar-refractivity contribution >= 4 is 27.2 Å². The van der Waals surface area contributed by atoms with Crippen molar-refractivity contribution < 1.29 is 18.3 Å². The lowest BCUT2D eigenvalue weighted by Crippen LogP contribution is -2.41. The van der Waals surface area contributed by atoms with Gasteiger partial charge in [0.25, 0.3) is 0 Å². The van der Waals surface area contributed by atoms with E-state index < -0.39 is 28.2 Å². The number of piperidine rings is 1.